The molecule has 1 heteroatoms. The number of nitrogens with two attached hydrogens (primary N) is 1. The fraction of sp³-hybridized carbons (Fsp3) is 0.478. The lowest BCUT2D eigenvalue weighted by Gasteiger charge is -2.34. The van der Waals surface area contributed by atoms with Gasteiger partial charge in [-0.15, -0.1) is 0 Å². The minimum Gasteiger partial charge on any atom is -0.326 e. The van der Waals surface area contributed by atoms with Crippen LogP contribution >= 0.6 is 0 Å². The van der Waals surface area contributed by atoms with Gasteiger partial charge < -0.3 is 5.73 Å². The second-order valence-electron chi connectivity index (χ2n) is 6.14. The van der Waals surface area contributed by atoms with Crippen molar-refractivity contribution in [2.45, 2.75) is 66.3 Å². The molecule has 0 saturated carbocycles. The molecule has 1 unspecified atom stereocenters. The van der Waals surface area contributed by atoms with Gasteiger partial charge in [-0.05, 0) is 36.3 Å². The number of benzene rings is 1. The Hall–Kier alpha value is -1.60. The molecule has 0 aromatic heterocycles. The van der Waals surface area contributed by atoms with E-state index in [2.05, 4.69) is 51.6 Å². The van der Waals surface area contributed by atoms with E-state index in [0.29, 0.717) is 5.92 Å². The van der Waals surface area contributed by atoms with E-state index in [1.54, 1.807) is 6.08 Å². The minimum absolute atomic E-state index is 0.281. The number of fused-ring (bicyclic) bond motifs is 1. The number of allylic oxidation sites excluding steroid dienone is 5. The van der Waals surface area contributed by atoms with Crippen LogP contribution in [0.1, 0.15) is 71.4 Å². The van der Waals surface area contributed by atoms with Gasteiger partial charge in [-0.25, -0.2) is 0 Å². The summed E-state index contributed by atoms with van der Waals surface area (Å²) in [5, 5.41) is 0. The first-order valence-electron chi connectivity index (χ1n) is 9.30. The first-order valence-corrected chi connectivity index (χ1v) is 9.30. The molecule has 0 fully saturated rings. The SMILES string of the molecule is C=C/C=C\C=C/C.CC.CCC(C)(CC)C(N)C1c2ccccc21. The molecule has 24 heavy (non-hydrogen) atoms. The Morgan fingerprint density at radius 3 is 1.96 bits per heavy atom. The van der Waals surface area contributed by atoms with Gasteiger partial charge in [0.25, 0.3) is 0 Å². The first-order chi connectivity index (χ1) is 11.6. The van der Waals surface area contributed by atoms with Gasteiger partial charge in [0, 0.05) is 12.0 Å². The summed E-state index contributed by atoms with van der Waals surface area (Å²) >= 11 is 0. The van der Waals surface area contributed by atoms with E-state index in [1.807, 2.05) is 45.1 Å². The third kappa shape index (κ3) is 6.13. The fourth-order valence-electron chi connectivity index (χ4n) is 2.76. The number of hydrogen-bond donors (Lipinski definition) is 1. The average Bonchev–Trinajstić information content (AvgIpc) is 3.37. The lowest BCUT2D eigenvalue weighted by Crippen LogP contribution is -2.40. The Bertz CT molecular complexity index is 498. The topological polar surface area (TPSA) is 26.0 Å². The van der Waals surface area contributed by atoms with Crippen LogP contribution in [0.2, 0.25) is 0 Å². The van der Waals surface area contributed by atoms with E-state index in [0.717, 1.165) is 12.8 Å². The van der Waals surface area contributed by atoms with Crippen LogP contribution in [-0.2, 0) is 0 Å². The monoisotopic (exact) mass is 327 g/mol. The molecular weight excluding hydrogens is 290 g/mol. The third-order valence-corrected chi connectivity index (χ3v) is 4.91. The van der Waals surface area contributed by atoms with Gasteiger partial charge in [-0.2, -0.15) is 0 Å². The molecule has 2 rings (SSSR count). The summed E-state index contributed by atoms with van der Waals surface area (Å²) in [4.78, 5) is 0. The fourth-order valence-corrected chi connectivity index (χ4v) is 2.76. The largest absolute Gasteiger partial charge is 0.326 e. The molecule has 1 aliphatic carbocycles. The molecule has 0 heterocycles. The van der Waals surface area contributed by atoms with Crippen LogP contribution < -0.4 is 5.73 Å². The van der Waals surface area contributed by atoms with Crippen LogP contribution in [0.4, 0.5) is 0 Å². The highest BCUT2D eigenvalue weighted by Crippen LogP contribution is 2.50. The van der Waals surface area contributed by atoms with Crippen molar-refractivity contribution in [3.8, 4) is 0 Å². The molecule has 0 saturated heterocycles. The highest BCUT2D eigenvalue weighted by Gasteiger charge is 2.43. The normalized spacial score (nSPS) is 14.3. The van der Waals surface area contributed by atoms with Crippen LogP contribution in [0.3, 0.4) is 0 Å². The summed E-state index contributed by atoms with van der Waals surface area (Å²) in [5.74, 6) is 0.532. The molecule has 1 aliphatic rings. The van der Waals surface area contributed by atoms with E-state index < -0.39 is 0 Å². The van der Waals surface area contributed by atoms with Gasteiger partial charge in [0.15, 0.2) is 0 Å². The minimum atomic E-state index is 0.281. The summed E-state index contributed by atoms with van der Waals surface area (Å²) in [6.45, 7) is 16.3. The standard InChI is InChI=1S/C14H21N.C7H10.C2H6/c1-4-14(3,5-2)13(15)12-10-8-6-7-9-11(10)12;1-3-5-7-6-4-2;1-2/h6-9,12-13H,4-5,15H2,1-3H3;3-7H,1H2,2H3;1-2H3/b;6-4-,7-5-;. The van der Waals surface area contributed by atoms with Crippen molar-refractivity contribution < 1.29 is 0 Å². The maximum atomic E-state index is 6.43. The molecule has 1 nitrogen and oxygen atoms in total. The molecule has 0 spiro atoms. The summed E-state index contributed by atoms with van der Waals surface area (Å²) in [5.41, 5.74) is 9.65. The second kappa shape index (κ2) is 11.9. The first kappa shape index (κ1) is 22.4. The van der Waals surface area contributed by atoms with E-state index in [4.69, 9.17) is 5.73 Å². The maximum Gasteiger partial charge on any atom is 0.0252 e. The van der Waals surface area contributed by atoms with Crippen molar-refractivity contribution in [2.24, 2.45) is 11.1 Å². The van der Waals surface area contributed by atoms with Crippen LogP contribution in [0.25, 0.3) is 0 Å². The zero-order valence-electron chi connectivity index (χ0n) is 16.5. The number of rotatable bonds is 6. The molecule has 1 aromatic rings. The van der Waals surface area contributed by atoms with Crippen LogP contribution in [0.5, 0.6) is 0 Å². The molecule has 0 radical (unpaired) electrons. The Labute approximate surface area is 150 Å². The summed E-state index contributed by atoms with van der Waals surface area (Å²) < 4.78 is 0. The van der Waals surface area contributed by atoms with Crippen molar-refractivity contribution in [1.29, 1.82) is 0 Å². The molecule has 1 atom stereocenters. The van der Waals surface area contributed by atoms with Crippen molar-refractivity contribution in [1.82, 2.24) is 0 Å². The Morgan fingerprint density at radius 1 is 1.08 bits per heavy atom. The molecule has 0 aliphatic heterocycles. The average molecular weight is 328 g/mol. The maximum absolute atomic E-state index is 6.43. The zero-order valence-corrected chi connectivity index (χ0v) is 16.5. The van der Waals surface area contributed by atoms with Crippen LogP contribution in [-0.4, -0.2) is 6.04 Å². The van der Waals surface area contributed by atoms with Gasteiger partial charge in [0.1, 0.15) is 0 Å². The lowest BCUT2D eigenvalue weighted by atomic mass is 9.75. The zero-order chi connectivity index (χ0) is 18.6. The second-order valence-corrected chi connectivity index (χ2v) is 6.14. The van der Waals surface area contributed by atoms with Crippen molar-refractivity contribution >= 4 is 0 Å². The Kier molecular flexibility index (Phi) is 11.1. The molecule has 134 valence electrons. The molecule has 2 N–H and O–H groups in total. The van der Waals surface area contributed by atoms with Crippen molar-refractivity contribution in [2.75, 3.05) is 0 Å². The number of hydrogen-bond acceptors (Lipinski definition) is 1. The quantitative estimate of drug-likeness (QED) is 0.584. The smallest absolute Gasteiger partial charge is 0.0252 e. The molecular formula is C23H37N. The van der Waals surface area contributed by atoms with E-state index >= 15 is 0 Å². The van der Waals surface area contributed by atoms with Crippen molar-refractivity contribution in [3.05, 3.63) is 72.4 Å². The van der Waals surface area contributed by atoms with E-state index in [1.165, 1.54) is 11.1 Å². The molecule has 0 amide bonds. The summed E-state index contributed by atoms with van der Waals surface area (Å²) in [6.07, 6.45) is 11.8. The van der Waals surface area contributed by atoms with Crippen molar-refractivity contribution in [3.63, 3.8) is 0 Å². The lowest BCUT2D eigenvalue weighted by molar-refractivity contribution is 0.227. The van der Waals surface area contributed by atoms with Gasteiger partial charge >= 0.3 is 0 Å². The molecule has 0 bridgehead atoms. The predicted octanol–water partition coefficient (Wildman–Crippen LogP) is 6.62. The third-order valence-electron chi connectivity index (χ3n) is 4.91. The predicted molar refractivity (Wildman–Crippen MR) is 110 cm³/mol. The Morgan fingerprint density at radius 2 is 1.58 bits per heavy atom. The van der Waals surface area contributed by atoms with Crippen LogP contribution in [0.15, 0.2) is 61.2 Å². The highest BCUT2D eigenvalue weighted by atomic mass is 14.7. The van der Waals surface area contributed by atoms with E-state index in [9.17, 15) is 0 Å². The van der Waals surface area contributed by atoms with Gasteiger partial charge in [-0.3, -0.25) is 0 Å². The Balaban J connectivity index is 0.000000501. The summed E-state index contributed by atoms with van der Waals surface area (Å²) in [7, 11) is 0. The van der Waals surface area contributed by atoms with Gasteiger partial charge in [0.05, 0.1) is 0 Å². The van der Waals surface area contributed by atoms with Crippen LogP contribution in [0, 0.1) is 5.41 Å². The van der Waals surface area contributed by atoms with Gasteiger partial charge in [0.2, 0.25) is 0 Å². The summed E-state index contributed by atoms with van der Waals surface area (Å²) in [6, 6.07) is 8.93. The molecule has 1 aromatic carbocycles. The highest BCUT2D eigenvalue weighted by molar-refractivity contribution is 5.54. The van der Waals surface area contributed by atoms with E-state index in [-0.39, 0.29) is 11.5 Å². The van der Waals surface area contributed by atoms with Gasteiger partial charge in [-0.1, -0.05) is 95.8 Å².